The van der Waals surface area contributed by atoms with Gasteiger partial charge in [-0.05, 0) is 59.3 Å². The minimum absolute atomic E-state index is 0.287. The molecule has 2 N–H and O–H groups in total. The average molecular weight is 350 g/mol. The van der Waals surface area contributed by atoms with E-state index in [4.69, 9.17) is 0 Å². The lowest BCUT2D eigenvalue weighted by molar-refractivity contribution is 0.472. The summed E-state index contributed by atoms with van der Waals surface area (Å²) in [4.78, 5) is 7.74. The molecule has 2 aromatic carbocycles. The molecular weight excluding hydrogens is 339 g/mol. The highest BCUT2D eigenvalue weighted by molar-refractivity contribution is 14.1. The van der Waals surface area contributed by atoms with Crippen molar-refractivity contribution in [2.24, 2.45) is 0 Å². The van der Waals surface area contributed by atoms with Gasteiger partial charge in [-0.1, -0.05) is 12.1 Å². The van der Waals surface area contributed by atoms with Crippen LogP contribution in [0.15, 0.2) is 36.4 Å². The number of aromatic nitrogens is 2. The molecule has 18 heavy (non-hydrogen) atoms. The second kappa shape index (κ2) is 4.28. The van der Waals surface area contributed by atoms with Crippen molar-refractivity contribution in [3.63, 3.8) is 0 Å². The Morgan fingerprint density at radius 3 is 2.78 bits per heavy atom. The summed E-state index contributed by atoms with van der Waals surface area (Å²) in [5.74, 6) is 0.991. The number of aromatic amines is 1. The molecule has 90 valence electrons. The maximum atomic E-state index is 10.1. The molecule has 4 heteroatoms. The summed E-state index contributed by atoms with van der Waals surface area (Å²) in [6, 6.07) is 11.7. The van der Waals surface area contributed by atoms with Crippen molar-refractivity contribution in [3.05, 3.63) is 45.5 Å². The van der Waals surface area contributed by atoms with Crippen LogP contribution >= 0.6 is 22.6 Å². The minimum Gasteiger partial charge on any atom is -0.507 e. The number of nitrogens with zero attached hydrogens (tertiary/aromatic N) is 1. The van der Waals surface area contributed by atoms with E-state index in [1.54, 1.807) is 0 Å². The van der Waals surface area contributed by atoms with Crippen molar-refractivity contribution in [1.29, 1.82) is 0 Å². The maximum absolute atomic E-state index is 10.1. The van der Waals surface area contributed by atoms with Gasteiger partial charge in [-0.25, -0.2) is 4.98 Å². The van der Waals surface area contributed by atoms with Gasteiger partial charge in [-0.2, -0.15) is 0 Å². The van der Waals surface area contributed by atoms with Crippen LogP contribution in [0.5, 0.6) is 5.75 Å². The third-order valence-corrected chi connectivity index (χ3v) is 3.53. The van der Waals surface area contributed by atoms with Gasteiger partial charge >= 0.3 is 0 Å². The van der Waals surface area contributed by atoms with E-state index in [2.05, 4.69) is 32.6 Å². The first-order valence-corrected chi connectivity index (χ1v) is 6.67. The van der Waals surface area contributed by atoms with E-state index < -0.39 is 0 Å². The summed E-state index contributed by atoms with van der Waals surface area (Å²) >= 11 is 2.24. The quantitative estimate of drug-likeness (QED) is 0.655. The smallest absolute Gasteiger partial charge is 0.142 e. The summed E-state index contributed by atoms with van der Waals surface area (Å²) in [7, 11) is 0. The third-order valence-electron chi connectivity index (χ3n) is 2.91. The molecule has 0 aliphatic rings. The fourth-order valence-corrected chi connectivity index (χ4v) is 2.77. The molecule has 3 aromatic rings. The van der Waals surface area contributed by atoms with Crippen LogP contribution in [0.2, 0.25) is 0 Å². The van der Waals surface area contributed by atoms with E-state index in [1.807, 2.05) is 43.3 Å². The molecule has 1 heterocycles. The number of aryl methyl sites for hydroxylation is 1. The first kappa shape index (κ1) is 11.5. The van der Waals surface area contributed by atoms with Crippen LogP contribution in [0.25, 0.3) is 22.4 Å². The number of H-pyrrole nitrogens is 1. The highest BCUT2D eigenvalue weighted by Gasteiger charge is 2.12. The number of para-hydroxylation sites is 2. The Labute approximate surface area is 118 Å². The molecule has 0 fully saturated rings. The zero-order chi connectivity index (χ0) is 12.7. The molecule has 3 rings (SSSR count). The summed E-state index contributed by atoms with van der Waals surface area (Å²) in [5.41, 5.74) is 3.49. The molecule has 0 aliphatic heterocycles. The molecule has 0 saturated carbocycles. The topological polar surface area (TPSA) is 48.9 Å². The van der Waals surface area contributed by atoms with Gasteiger partial charge in [-0.15, -0.1) is 0 Å². The minimum atomic E-state index is 0.287. The van der Waals surface area contributed by atoms with Crippen LogP contribution in [0.3, 0.4) is 0 Å². The third kappa shape index (κ3) is 1.86. The number of halogens is 1. The number of imidazole rings is 1. The molecule has 0 aliphatic carbocycles. The standard InChI is InChI=1S/C14H11IN2O/c1-8-6-9(15)7-10(13(8)18)14-16-11-4-2-3-5-12(11)17-14/h2-7,18H,1H3,(H,16,17). The largest absolute Gasteiger partial charge is 0.507 e. The lowest BCUT2D eigenvalue weighted by Crippen LogP contribution is -1.86. The van der Waals surface area contributed by atoms with Crippen LogP contribution in [0.1, 0.15) is 5.56 Å². The fraction of sp³-hybridized carbons (Fsp3) is 0.0714. The van der Waals surface area contributed by atoms with E-state index in [0.29, 0.717) is 5.82 Å². The van der Waals surface area contributed by atoms with E-state index in [1.165, 1.54) is 0 Å². The number of benzene rings is 2. The fourth-order valence-electron chi connectivity index (χ4n) is 2.00. The van der Waals surface area contributed by atoms with Gasteiger partial charge in [0, 0.05) is 3.57 Å². The molecular formula is C14H11IN2O. The Morgan fingerprint density at radius 1 is 1.22 bits per heavy atom. The number of phenolic OH excluding ortho intramolecular Hbond substituents is 1. The first-order valence-electron chi connectivity index (χ1n) is 5.59. The highest BCUT2D eigenvalue weighted by Crippen LogP contribution is 2.33. The van der Waals surface area contributed by atoms with Crippen LogP contribution < -0.4 is 0 Å². The van der Waals surface area contributed by atoms with Gasteiger partial charge < -0.3 is 10.1 Å². The van der Waals surface area contributed by atoms with Gasteiger partial charge in [0.2, 0.25) is 0 Å². The number of nitrogens with one attached hydrogen (secondary N) is 1. The summed E-state index contributed by atoms with van der Waals surface area (Å²) in [5, 5.41) is 10.1. The lowest BCUT2D eigenvalue weighted by Gasteiger charge is -2.05. The zero-order valence-electron chi connectivity index (χ0n) is 9.74. The molecule has 3 nitrogen and oxygen atoms in total. The Bertz CT molecular complexity index is 701. The van der Waals surface area contributed by atoms with Crippen LogP contribution in [-0.2, 0) is 0 Å². The van der Waals surface area contributed by atoms with Gasteiger partial charge in [0.25, 0.3) is 0 Å². The molecule has 0 amide bonds. The number of hydrogen-bond acceptors (Lipinski definition) is 2. The zero-order valence-corrected chi connectivity index (χ0v) is 11.9. The molecule has 0 radical (unpaired) electrons. The van der Waals surface area contributed by atoms with E-state index in [9.17, 15) is 5.11 Å². The van der Waals surface area contributed by atoms with Crippen LogP contribution in [-0.4, -0.2) is 15.1 Å². The molecule has 0 bridgehead atoms. The molecule has 0 spiro atoms. The van der Waals surface area contributed by atoms with Crippen LogP contribution in [0, 0.1) is 10.5 Å². The van der Waals surface area contributed by atoms with Gasteiger partial charge in [-0.3, -0.25) is 0 Å². The second-order valence-corrected chi connectivity index (χ2v) is 5.47. The molecule has 1 aromatic heterocycles. The van der Waals surface area contributed by atoms with Gasteiger partial charge in [0.05, 0.1) is 16.6 Å². The van der Waals surface area contributed by atoms with Crippen LogP contribution in [0.4, 0.5) is 0 Å². The first-order chi connectivity index (χ1) is 8.65. The highest BCUT2D eigenvalue weighted by atomic mass is 127. The predicted octanol–water partition coefficient (Wildman–Crippen LogP) is 3.85. The normalized spacial score (nSPS) is 11.0. The van der Waals surface area contributed by atoms with Gasteiger partial charge in [0.1, 0.15) is 11.6 Å². The Kier molecular flexibility index (Phi) is 2.74. The lowest BCUT2D eigenvalue weighted by atomic mass is 10.1. The number of rotatable bonds is 1. The molecule has 0 unspecified atom stereocenters. The summed E-state index contributed by atoms with van der Waals surface area (Å²) < 4.78 is 1.08. The van der Waals surface area contributed by atoms with E-state index >= 15 is 0 Å². The molecule has 0 atom stereocenters. The van der Waals surface area contributed by atoms with Crippen molar-refractivity contribution < 1.29 is 5.11 Å². The predicted molar refractivity (Wildman–Crippen MR) is 80.6 cm³/mol. The van der Waals surface area contributed by atoms with Crippen molar-refractivity contribution >= 4 is 33.6 Å². The second-order valence-electron chi connectivity index (χ2n) is 4.22. The number of fused-ring (bicyclic) bond motifs is 1. The number of hydrogen-bond donors (Lipinski definition) is 2. The SMILES string of the molecule is Cc1cc(I)cc(-c2nc3ccccc3[nH]2)c1O. The van der Waals surface area contributed by atoms with Gasteiger partial charge in [0.15, 0.2) is 0 Å². The van der Waals surface area contributed by atoms with Crippen molar-refractivity contribution in [2.45, 2.75) is 6.92 Å². The number of phenols is 1. The maximum Gasteiger partial charge on any atom is 0.142 e. The van der Waals surface area contributed by atoms with Crippen molar-refractivity contribution in [2.75, 3.05) is 0 Å². The summed E-state index contributed by atoms with van der Waals surface area (Å²) in [6.07, 6.45) is 0. The summed E-state index contributed by atoms with van der Waals surface area (Å²) in [6.45, 7) is 1.89. The Morgan fingerprint density at radius 2 is 2.00 bits per heavy atom. The van der Waals surface area contributed by atoms with Crippen molar-refractivity contribution in [3.8, 4) is 17.1 Å². The average Bonchev–Trinajstić information content (AvgIpc) is 2.77. The van der Waals surface area contributed by atoms with E-state index in [0.717, 1.165) is 25.7 Å². The van der Waals surface area contributed by atoms with Crippen molar-refractivity contribution in [1.82, 2.24) is 9.97 Å². The molecule has 0 saturated heterocycles. The van der Waals surface area contributed by atoms with E-state index in [-0.39, 0.29) is 5.75 Å². The monoisotopic (exact) mass is 350 g/mol. The Hall–Kier alpha value is -1.56. The Balaban J connectivity index is 2.26. The number of aromatic hydroxyl groups is 1.